The van der Waals surface area contributed by atoms with Gasteiger partial charge in [0.25, 0.3) is 11.5 Å². The maximum Gasteiger partial charge on any atom is 0.274 e. The van der Waals surface area contributed by atoms with Gasteiger partial charge in [0.2, 0.25) is 10.1 Å². The van der Waals surface area contributed by atoms with E-state index in [-0.39, 0.29) is 11.6 Å². The molecule has 1 atom stereocenters. The van der Waals surface area contributed by atoms with Crippen molar-refractivity contribution in [2.24, 2.45) is 5.92 Å². The highest BCUT2D eigenvalue weighted by atomic mass is 32.1. The maximum atomic E-state index is 12.7. The molecule has 1 aromatic carbocycles. The van der Waals surface area contributed by atoms with E-state index in [9.17, 15) is 9.59 Å². The van der Waals surface area contributed by atoms with Gasteiger partial charge in [0, 0.05) is 25.7 Å². The van der Waals surface area contributed by atoms with Crippen LogP contribution in [0.15, 0.2) is 41.2 Å². The molecule has 2 aromatic heterocycles. The Balaban J connectivity index is 1.54. The normalized spacial score (nSPS) is 17.0. The van der Waals surface area contributed by atoms with Crippen molar-refractivity contribution in [1.29, 1.82) is 0 Å². The average Bonchev–Trinajstić information content (AvgIpc) is 3.12. The molecule has 1 aliphatic rings. The molecule has 3 heterocycles. The van der Waals surface area contributed by atoms with E-state index < -0.39 is 5.56 Å². The number of piperidine rings is 1. The molecule has 0 spiro atoms. The van der Waals surface area contributed by atoms with Gasteiger partial charge in [0.15, 0.2) is 0 Å². The first-order chi connectivity index (χ1) is 13.6. The van der Waals surface area contributed by atoms with Crippen LogP contribution in [0.4, 0.5) is 5.13 Å². The number of anilines is 1. The van der Waals surface area contributed by atoms with Crippen LogP contribution in [0, 0.1) is 5.92 Å². The van der Waals surface area contributed by atoms with Gasteiger partial charge >= 0.3 is 0 Å². The lowest BCUT2D eigenvalue weighted by Gasteiger charge is -2.30. The molecule has 3 aromatic rings. The Bertz CT molecular complexity index is 1030. The standard InChI is InChI=1S/C20H23N5O2S/c1-14-6-5-11-24(13-14)20-23-25-16(12-17(26)22-19(25)28-20)18(27)21-10-9-15-7-3-2-4-8-15/h2-4,7-8,12,14H,5-6,9-11,13H2,1H3,(H,21,27). The zero-order valence-electron chi connectivity index (χ0n) is 15.8. The summed E-state index contributed by atoms with van der Waals surface area (Å²) in [6.45, 7) is 4.59. The fourth-order valence-corrected chi connectivity index (χ4v) is 4.46. The lowest BCUT2D eigenvalue weighted by molar-refractivity contribution is 0.0946. The number of carbonyl (C=O) groups is 1. The third kappa shape index (κ3) is 4.06. The molecule has 7 nitrogen and oxygen atoms in total. The number of hydrogen-bond donors (Lipinski definition) is 1. The lowest BCUT2D eigenvalue weighted by atomic mass is 10.0. The third-order valence-electron chi connectivity index (χ3n) is 4.95. The van der Waals surface area contributed by atoms with E-state index in [0.717, 1.165) is 36.6 Å². The molecule has 146 valence electrons. The third-order valence-corrected chi connectivity index (χ3v) is 5.91. The Morgan fingerprint density at radius 1 is 1.32 bits per heavy atom. The summed E-state index contributed by atoms with van der Waals surface area (Å²) in [5, 5.41) is 8.29. The largest absolute Gasteiger partial charge is 0.350 e. The number of fused-ring (bicyclic) bond motifs is 1. The van der Waals surface area contributed by atoms with Gasteiger partial charge in [-0.1, -0.05) is 48.6 Å². The SMILES string of the molecule is CC1CCCN(c2nn3c(C(=O)NCCc4ccccc4)cc(=O)nc3s2)C1. The Morgan fingerprint density at radius 2 is 2.14 bits per heavy atom. The lowest BCUT2D eigenvalue weighted by Crippen LogP contribution is -2.34. The van der Waals surface area contributed by atoms with E-state index in [0.29, 0.717) is 17.4 Å². The molecule has 4 rings (SSSR count). The summed E-state index contributed by atoms with van der Waals surface area (Å²) < 4.78 is 1.50. The molecule has 1 unspecified atom stereocenters. The van der Waals surface area contributed by atoms with Crippen LogP contribution in [0.3, 0.4) is 0 Å². The first kappa shape index (κ1) is 18.6. The van der Waals surface area contributed by atoms with Crippen LogP contribution >= 0.6 is 11.3 Å². The van der Waals surface area contributed by atoms with Gasteiger partial charge in [-0.05, 0) is 30.7 Å². The highest BCUT2D eigenvalue weighted by molar-refractivity contribution is 7.20. The number of amides is 1. The first-order valence-corrected chi connectivity index (χ1v) is 10.4. The van der Waals surface area contributed by atoms with Crippen LogP contribution in [0.25, 0.3) is 4.96 Å². The average molecular weight is 398 g/mol. The van der Waals surface area contributed by atoms with Crippen LogP contribution in [0.5, 0.6) is 0 Å². The zero-order valence-corrected chi connectivity index (χ0v) is 16.6. The molecular weight excluding hydrogens is 374 g/mol. The summed E-state index contributed by atoms with van der Waals surface area (Å²) >= 11 is 1.36. The Morgan fingerprint density at radius 3 is 2.93 bits per heavy atom. The minimum atomic E-state index is -0.421. The van der Waals surface area contributed by atoms with Gasteiger partial charge in [0.1, 0.15) is 5.69 Å². The van der Waals surface area contributed by atoms with Crippen LogP contribution in [-0.4, -0.2) is 40.1 Å². The van der Waals surface area contributed by atoms with E-state index in [1.807, 2.05) is 30.3 Å². The van der Waals surface area contributed by atoms with Crippen molar-refractivity contribution < 1.29 is 4.79 Å². The van der Waals surface area contributed by atoms with E-state index in [1.165, 1.54) is 28.3 Å². The van der Waals surface area contributed by atoms with E-state index in [1.54, 1.807) is 0 Å². The molecule has 1 amide bonds. The number of aromatic nitrogens is 3. The number of carbonyl (C=O) groups excluding carboxylic acids is 1. The van der Waals surface area contributed by atoms with Gasteiger partial charge < -0.3 is 10.2 Å². The number of benzene rings is 1. The van der Waals surface area contributed by atoms with Crippen LogP contribution in [-0.2, 0) is 6.42 Å². The van der Waals surface area contributed by atoms with E-state index >= 15 is 0 Å². The monoisotopic (exact) mass is 397 g/mol. The molecule has 1 fully saturated rings. The summed E-state index contributed by atoms with van der Waals surface area (Å²) in [6.07, 6.45) is 3.06. The molecule has 1 aliphatic heterocycles. The highest BCUT2D eigenvalue weighted by Gasteiger charge is 2.22. The molecule has 1 N–H and O–H groups in total. The predicted octanol–water partition coefficient (Wildman–Crippen LogP) is 2.36. The molecule has 0 aliphatic carbocycles. The van der Waals surface area contributed by atoms with Crippen molar-refractivity contribution in [2.45, 2.75) is 26.2 Å². The summed E-state index contributed by atoms with van der Waals surface area (Å²) in [5.74, 6) is 0.295. The van der Waals surface area contributed by atoms with Gasteiger partial charge in [0.05, 0.1) is 0 Å². The fourth-order valence-electron chi connectivity index (χ4n) is 3.51. The second-order valence-corrected chi connectivity index (χ2v) is 8.18. The minimum Gasteiger partial charge on any atom is -0.350 e. The topological polar surface area (TPSA) is 79.6 Å². The van der Waals surface area contributed by atoms with Crippen LogP contribution < -0.4 is 15.8 Å². The molecule has 0 radical (unpaired) electrons. The van der Waals surface area contributed by atoms with Crippen LogP contribution in [0.1, 0.15) is 35.8 Å². The van der Waals surface area contributed by atoms with Gasteiger partial charge in [-0.3, -0.25) is 9.59 Å². The molecule has 1 saturated heterocycles. The smallest absolute Gasteiger partial charge is 0.274 e. The Hall–Kier alpha value is -2.74. The number of nitrogens with one attached hydrogen (secondary N) is 1. The molecule has 8 heteroatoms. The quantitative estimate of drug-likeness (QED) is 0.715. The van der Waals surface area contributed by atoms with Gasteiger partial charge in [-0.2, -0.15) is 9.50 Å². The Labute approximate surface area is 167 Å². The summed E-state index contributed by atoms with van der Waals surface area (Å²) in [4.78, 5) is 31.4. The molecule has 0 saturated carbocycles. The second-order valence-electron chi connectivity index (χ2n) is 7.24. The summed E-state index contributed by atoms with van der Waals surface area (Å²) in [7, 11) is 0. The second kappa shape index (κ2) is 8.10. The minimum absolute atomic E-state index is 0.232. The van der Waals surface area contributed by atoms with Gasteiger partial charge in [-0.15, -0.1) is 5.10 Å². The number of nitrogens with zero attached hydrogens (tertiary/aromatic N) is 4. The van der Waals surface area contributed by atoms with Crippen molar-refractivity contribution >= 4 is 27.3 Å². The highest BCUT2D eigenvalue weighted by Crippen LogP contribution is 2.27. The molecule has 28 heavy (non-hydrogen) atoms. The van der Waals surface area contributed by atoms with Crippen molar-refractivity contribution in [3.8, 4) is 0 Å². The predicted molar refractivity (Wildman–Crippen MR) is 110 cm³/mol. The summed E-state index contributed by atoms with van der Waals surface area (Å²) in [5.41, 5.74) is 0.959. The number of rotatable bonds is 5. The maximum absolute atomic E-state index is 12.7. The molecule has 0 bridgehead atoms. The molecular formula is C20H23N5O2S. The van der Waals surface area contributed by atoms with Crippen molar-refractivity contribution in [3.05, 3.63) is 58.0 Å². The summed E-state index contributed by atoms with van der Waals surface area (Å²) in [6, 6.07) is 11.2. The van der Waals surface area contributed by atoms with Crippen molar-refractivity contribution in [1.82, 2.24) is 19.9 Å². The van der Waals surface area contributed by atoms with Gasteiger partial charge in [-0.25, -0.2) is 0 Å². The van der Waals surface area contributed by atoms with Crippen molar-refractivity contribution in [2.75, 3.05) is 24.5 Å². The van der Waals surface area contributed by atoms with Crippen LogP contribution in [0.2, 0.25) is 0 Å². The zero-order chi connectivity index (χ0) is 19.5. The fraction of sp³-hybridized carbons (Fsp3) is 0.400. The first-order valence-electron chi connectivity index (χ1n) is 9.58. The van der Waals surface area contributed by atoms with Crippen molar-refractivity contribution in [3.63, 3.8) is 0 Å². The van der Waals surface area contributed by atoms with E-state index in [4.69, 9.17) is 0 Å². The van der Waals surface area contributed by atoms with E-state index in [2.05, 4.69) is 27.2 Å². The Kier molecular flexibility index (Phi) is 5.38. The number of hydrogen-bond acceptors (Lipinski definition) is 6.